The molecule has 2 aromatic rings. The second kappa shape index (κ2) is 5.98. The Morgan fingerprint density at radius 1 is 1.44 bits per heavy atom. The van der Waals surface area contributed by atoms with Gasteiger partial charge >= 0.3 is 0 Å². The molecule has 1 heterocycles. The molecule has 0 spiro atoms. The van der Waals surface area contributed by atoms with Gasteiger partial charge in [0.2, 0.25) is 0 Å². The van der Waals surface area contributed by atoms with Gasteiger partial charge in [0, 0.05) is 19.0 Å². The Kier molecular flexibility index (Phi) is 4.34. The average Bonchev–Trinajstić information content (AvgIpc) is 2.84. The molecule has 0 amide bonds. The fourth-order valence-corrected chi connectivity index (χ4v) is 2.04. The number of H-pyrrole nitrogens is 1. The molecule has 2 rings (SSSR count). The topological polar surface area (TPSA) is 79.6 Å². The number of halogens is 2. The number of nitrogens with zero attached hydrogens (tertiary/aromatic N) is 2. The van der Waals surface area contributed by atoms with E-state index in [0.717, 1.165) is 18.7 Å². The largest absolute Gasteiger partial charge is 0.397 e. The van der Waals surface area contributed by atoms with Gasteiger partial charge in [0.1, 0.15) is 18.0 Å². The Morgan fingerprint density at radius 3 is 3.00 bits per heavy atom. The van der Waals surface area contributed by atoms with E-state index in [2.05, 4.69) is 20.5 Å². The minimum absolute atomic E-state index is 0.262. The molecule has 0 aliphatic rings. The van der Waals surface area contributed by atoms with Crippen LogP contribution >= 0.6 is 22.6 Å². The number of hydrogen-bond donors (Lipinski definition) is 3. The molecular weight excluding hydrogens is 348 g/mol. The number of benzene rings is 1. The summed E-state index contributed by atoms with van der Waals surface area (Å²) in [5, 5.41) is 9.67. The zero-order valence-corrected chi connectivity index (χ0v) is 11.7. The van der Waals surface area contributed by atoms with Gasteiger partial charge in [-0.3, -0.25) is 5.10 Å². The van der Waals surface area contributed by atoms with Crippen molar-refractivity contribution in [1.29, 1.82) is 0 Å². The van der Waals surface area contributed by atoms with Crippen LogP contribution in [-0.4, -0.2) is 21.7 Å². The first-order chi connectivity index (χ1) is 8.66. The Labute approximate surface area is 118 Å². The number of nitrogen functional groups attached to an aromatic ring is 1. The van der Waals surface area contributed by atoms with Crippen LogP contribution in [0.1, 0.15) is 12.2 Å². The van der Waals surface area contributed by atoms with Crippen LogP contribution in [0.25, 0.3) is 0 Å². The van der Waals surface area contributed by atoms with Crippen LogP contribution in [-0.2, 0) is 6.42 Å². The first-order valence-electron chi connectivity index (χ1n) is 5.49. The highest BCUT2D eigenvalue weighted by molar-refractivity contribution is 14.1. The van der Waals surface area contributed by atoms with Gasteiger partial charge in [0.15, 0.2) is 0 Å². The number of nitrogens with two attached hydrogens (primary N) is 1. The van der Waals surface area contributed by atoms with E-state index in [9.17, 15) is 4.39 Å². The molecule has 18 heavy (non-hydrogen) atoms. The van der Waals surface area contributed by atoms with E-state index in [0.29, 0.717) is 21.5 Å². The molecule has 0 aliphatic heterocycles. The molecule has 0 saturated carbocycles. The van der Waals surface area contributed by atoms with Crippen LogP contribution in [0.3, 0.4) is 0 Å². The predicted octanol–water partition coefficient (Wildman–Crippen LogP) is 2.18. The number of nitrogens with one attached hydrogen (secondary N) is 2. The summed E-state index contributed by atoms with van der Waals surface area (Å²) in [6.45, 7) is 0.699. The summed E-state index contributed by atoms with van der Waals surface area (Å²) in [6, 6.07) is 3.04. The summed E-state index contributed by atoms with van der Waals surface area (Å²) in [7, 11) is 0. The Morgan fingerprint density at radius 2 is 2.28 bits per heavy atom. The van der Waals surface area contributed by atoms with Gasteiger partial charge in [-0.1, -0.05) is 0 Å². The monoisotopic (exact) mass is 361 g/mol. The molecule has 0 fully saturated rings. The maximum atomic E-state index is 13.4. The van der Waals surface area contributed by atoms with Crippen LogP contribution in [0.5, 0.6) is 0 Å². The molecule has 0 radical (unpaired) electrons. The molecule has 0 unspecified atom stereocenters. The molecule has 0 bridgehead atoms. The van der Waals surface area contributed by atoms with Gasteiger partial charge < -0.3 is 11.1 Å². The van der Waals surface area contributed by atoms with Gasteiger partial charge in [-0.2, -0.15) is 5.10 Å². The van der Waals surface area contributed by atoms with Crippen molar-refractivity contribution in [1.82, 2.24) is 15.2 Å². The number of hydrogen-bond acceptors (Lipinski definition) is 4. The summed E-state index contributed by atoms with van der Waals surface area (Å²) in [6.07, 6.45) is 3.14. The summed E-state index contributed by atoms with van der Waals surface area (Å²) in [5.74, 6) is 0.584. The molecule has 96 valence electrons. The van der Waals surface area contributed by atoms with Gasteiger partial charge in [0.05, 0.1) is 14.9 Å². The lowest BCUT2D eigenvalue weighted by molar-refractivity contribution is 0.621. The quantitative estimate of drug-likeness (QED) is 0.433. The SMILES string of the molecule is Nc1cc(I)c(F)cc1NCCCc1ncn[nH]1. The molecule has 1 aromatic heterocycles. The third-order valence-electron chi connectivity index (χ3n) is 2.46. The molecule has 1 aromatic carbocycles. The van der Waals surface area contributed by atoms with Crippen molar-refractivity contribution in [2.24, 2.45) is 0 Å². The standard InChI is InChI=1S/C11H13FIN5/c12-7-4-10(9(14)5-8(7)13)15-3-1-2-11-16-6-17-18-11/h4-6,15H,1-3,14H2,(H,16,17,18). The van der Waals surface area contributed by atoms with E-state index in [-0.39, 0.29) is 5.82 Å². The zero-order chi connectivity index (χ0) is 13.0. The van der Waals surface area contributed by atoms with Crippen molar-refractivity contribution in [3.8, 4) is 0 Å². The van der Waals surface area contributed by atoms with Gasteiger partial charge in [-0.05, 0) is 35.1 Å². The van der Waals surface area contributed by atoms with Crippen molar-refractivity contribution in [3.63, 3.8) is 0 Å². The molecule has 0 saturated heterocycles. The van der Waals surface area contributed by atoms with E-state index in [1.807, 2.05) is 22.6 Å². The summed E-state index contributed by atoms with van der Waals surface area (Å²) in [5.41, 5.74) is 6.99. The highest BCUT2D eigenvalue weighted by Crippen LogP contribution is 2.23. The maximum absolute atomic E-state index is 13.4. The van der Waals surface area contributed by atoms with Crippen LogP contribution in [0.4, 0.5) is 15.8 Å². The number of aryl methyl sites for hydroxylation is 1. The maximum Gasteiger partial charge on any atom is 0.138 e. The van der Waals surface area contributed by atoms with Crippen molar-refractivity contribution in [3.05, 3.63) is 33.7 Å². The van der Waals surface area contributed by atoms with Crippen molar-refractivity contribution < 1.29 is 4.39 Å². The van der Waals surface area contributed by atoms with Crippen molar-refractivity contribution in [2.75, 3.05) is 17.6 Å². The highest BCUT2D eigenvalue weighted by atomic mass is 127. The van der Waals surface area contributed by atoms with E-state index >= 15 is 0 Å². The Hall–Kier alpha value is -1.38. The van der Waals surface area contributed by atoms with Crippen LogP contribution in [0, 0.1) is 9.39 Å². The zero-order valence-electron chi connectivity index (χ0n) is 9.58. The lowest BCUT2D eigenvalue weighted by Crippen LogP contribution is -2.06. The van der Waals surface area contributed by atoms with E-state index in [1.165, 1.54) is 12.4 Å². The molecule has 0 aliphatic carbocycles. The van der Waals surface area contributed by atoms with Gasteiger partial charge in [0.25, 0.3) is 0 Å². The first-order valence-corrected chi connectivity index (χ1v) is 6.57. The van der Waals surface area contributed by atoms with Crippen LogP contribution in [0.15, 0.2) is 18.5 Å². The molecular formula is C11H13FIN5. The second-order valence-corrected chi connectivity index (χ2v) is 4.98. The first kappa shape index (κ1) is 13.1. The van der Waals surface area contributed by atoms with E-state index in [1.54, 1.807) is 6.07 Å². The Balaban J connectivity index is 1.85. The van der Waals surface area contributed by atoms with Crippen molar-refractivity contribution >= 4 is 34.0 Å². The third-order valence-corrected chi connectivity index (χ3v) is 3.29. The summed E-state index contributed by atoms with van der Waals surface area (Å²) < 4.78 is 13.9. The fourth-order valence-electron chi connectivity index (χ4n) is 1.55. The third kappa shape index (κ3) is 3.31. The van der Waals surface area contributed by atoms with Gasteiger partial charge in [-0.15, -0.1) is 0 Å². The summed E-state index contributed by atoms with van der Waals surface area (Å²) in [4.78, 5) is 4.02. The smallest absolute Gasteiger partial charge is 0.138 e. The summed E-state index contributed by atoms with van der Waals surface area (Å²) >= 11 is 1.92. The predicted molar refractivity (Wildman–Crippen MR) is 76.7 cm³/mol. The molecule has 5 nitrogen and oxygen atoms in total. The number of aromatic amines is 1. The lowest BCUT2D eigenvalue weighted by Gasteiger charge is -2.09. The fraction of sp³-hybridized carbons (Fsp3) is 0.273. The number of rotatable bonds is 5. The normalized spacial score (nSPS) is 10.6. The van der Waals surface area contributed by atoms with Crippen LogP contribution < -0.4 is 11.1 Å². The second-order valence-electron chi connectivity index (χ2n) is 3.82. The highest BCUT2D eigenvalue weighted by Gasteiger charge is 2.05. The lowest BCUT2D eigenvalue weighted by atomic mass is 10.2. The minimum Gasteiger partial charge on any atom is -0.397 e. The molecule has 4 N–H and O–H groups in total. The Bertz CT molecular complexity index is 514. The molecule has 7 heteroatoms. The molecule has 0 atom stereocenters. The van der Waals surface area contributed by atoms with Crippen LogP contribution in [0.2, 0.25) is 0 Å². The van der Waals surface area contributed by atoms with E-state index in [4.69, 9.17) is 5.73 Å². The number of anilines is 2. The van der Waals surface area contributed by atoms with Gasteiger partial charge in [-0.25, -0.2) is 9.37 Å². The van der Waals surface area contributed by atoms with Crippen molar-refractivity contribution in [2.45, 2.75) is 12.8 Å². The minimum atomic E-state index is -0.262. The van der Waals surface area contributed by atoms with E-state index < -0.39 is 0 Å². The average molecular weight is 361 g/mol. The number of aromatic nitrogens is 3.